The number of guanidine groups is 1. The van der Waals surface area contributed by atoms with Gasteiger partial charge >= 0.3 is 5.96 Å². The molecule has 1 saturated heterocycles. The van der Waals surface area contributed by atoms with Gasteiger partial charge in [0, 0.05) is 0 Å². The summed E-state index contributed by atoms with van der Waals surface area (Å²) in [6.45, 7) is 2.43. The van der Waals surface area contributed by atoms with E-state index in [2.05, 4.69) is 42.6 Å². The quantitative estimate of drug-likeness (QED) is 0.257. The second-order valence-corrected chi connectivity index (χ2v) is 4.14. The molecule has 0 atom stereocenters. The monoisotopic (exact) mass is 219 g/mol. The molecule has 1 aliphatic heterocycles. The number of likely N-dealkylation sites (tertiary alicyclic amines) is 1. The third-order valence-corrected chi connectivity index (χ3v) is 2.44. The highest BCUT2D eigenvalue weighted by Gasteiger charge is 2.23. The molecule has 0 aromatic carbocycles. The lowest BCUT2D eigenvalue weighted by atomic mass is 10.1. The molecule has 0 saturated carbocycles. The second kappa shape index (κ2) is 6.12. The first-order valence-corrected chi connectivity index (χ1v) is 5.09. The number of hydrogen-bond donors (Lipinski definition) is 0. The van der Waals surface area contributed by atoms with Crippen molar-refractivity contribution in [2.75, 3.05) is 41.3 Å². The predicted molar refractivity (Wildman–Crippen MR) is 56.2 cm³/mol. The van der Waals surface area contributed by atoms with E-state index in [0.29, 0.717) is 0 Å². The molecule has 0 aliphatic carbocycles. The van der Waals surface area contributed by atoms with Gasteiger partial charge in [-0.05, 0) is 19.3 Å². The van der Waals surface area contributed by atoms with E-state index < -0.39 is 0 Å². The Hall–Kier alpha value is -0.440. The van der Waals surface area contributed by atoms with Crippen LogP contribution < -0.4 is 12.4 Å². The molecule has 84 valence electrons. The Morgan fingerprint density at radius 3 is 1.93 bits per heavy atom. The van der Waals surface area contributed by atoms with Crippen LogP contribution in [-0.2, 0) is 0 Å². The van der Waals surface area contributed by atoms with Gasteiger partial charge in [-0.25, -0.2) is 0 Å². The summed E-state index contributed by atoms with van der Waals surface area (Å²) in [5.41, 5.74) is 0. The summed E-state index contributed by atoms with van der Waals surface area (Å²) in [6, 6.07) is 0. The Bertz CT molecular complexity index is 192. The zero-order valence-electron chi connectivity index (χ0n) is 9.76. The van der Waals surface area contributed by atoms with E-state index in [-0.39, 0.29) is 12.4 Å². The number of rotatable bonds is 0. The van der Waals surface area contributed by atoms with Crippen molar-refractivity contribution in [3.8, 4) is 0 Å². The summed E-state index contributed by atoms with van der Waals surface area (Å²) in [6.07, 6.45) is 4.07. The Kier molecular flexibility index (Phi) is 5.93. The van der Waals surface area contributed by atoms with E-state index in [1.807, 2.05) is 0 Å². The lowest BCUT2D eigenvalue weighted by molar-refractivity contribution is -0.476. The molecular weight excluding hydrogens is 198 g/mol. The van der Waals surface area contributed by atoms with Crippen LogP contribution in [0.2, 0.25) is 0 Å². The van der Waals surface area contributed by atoms with Crippen molar-refractivity contribution in [3.63, 3.8) is 0 Å². The van der Waals surface area contributed by atoms with Crippen LogP contribution in [0.15, 0.2) is 0 Å². The van der Waals surface area contributed by atoms with Crippen LogP contribution in [0.4, 0.5) is 0 Å². The van der Waals surface area contributed by atoms with Gasteiger partial charge in [-0.1, -0.05) is 0 Å². The lowest BCUT2D eigenvalue weighted by Gasteiger charge is -2.27. The van der Waals surface area contributed by atoms with Crippen molar-refractivity contribution in [2.45, 2.75) is 19.3 Å². The lowest BCUT2D eigenvalue weighted by Crippen LogP contribution is -3.00. The van der Waals surface area contributed by atoms with Crippen LogP contribution in [-0.4, -0.2) is 61.6 Å². The molecule has 0 amide bonds. The first-order chi connectivity index (χ1) is 6.13. The first kappa shape index (κ1) is 13.6. The van der Waals surface area contributed by atoms with Crippen molar-refractivity contribution < 1.29 is 17.0 Å². The van der Waals surface area contributed by atoms with Crippen LogP contribution in [0, 0.1) is 0 Å². The molecule has 3 nitrogen and oxygen atoms in total. The van der Waals surface area contributed by atoms with Gasteiger partial charge in [0.1, 0.15) is 0 Å². The van der Waals surface area contributed by atoms with E-state index in [4.69, 9.17) is 0 Å². The highest BCUT2D eigenvalue weighted by Crippen LogP contribution is 2.09. The molecule has 0 aromatic rings. The minimum Gasteiger partial charge on any atom is -1.00 e. The SMILES string of the molecule is CN(C)C(N1CCCCC1)=[N+](C)C.[Cl-]. The maximum Gasteiger partial charge on any atom is 0.349 e. The molecule has 1 heterocycles. The Morgan fingerprint density at radius 2 is 1.57 bits per heavy atom. The van der Waals surface area contributed by atoms with Crippen molar-refractivity contribution in [1.82, 2.24) is 9.80 Å². The van der Waals surface area contributed by atoms with Gasteiger partial charge in [0.15, 0.2) is 0 Å². The highest BCUT2D eigenvalue weighted by atomic mass is 35.5. The zero-order valence-corrected chi connectivity index (χ0v) is 10.5. The molecule has 14 heavy (non-hydrogen) atoms. The van der Waals surface area contributed by atoms with Crippen molar-refractivity contribution >= 4 is 5.96 Å². The van der Waals surface area contributed by atoms with E-state index in [1.54, 1.807) is 0 Å². The molecule has 0 N–H and O–H groups in total. The van der Waals surface area contributed by atoms with Gasteiger partial charge in [0.25, 0.3) is 0 Å². The highest BCUT2D eigenvalue weighted by molar-refractivity contribution is 5.74. The summed E-state index contributed by atoms with van der Waals surface area (Å²) >= 11 is 0. The zero-order chi connectivity index (χ0) is 9.84. The molecule has 1 aliphatic rings. The van der Waals surface area contributed by atoms with Gasteiger partial charge in [0.2, 0.25) is 0 Å². The van der Waals surface area contributed by atoms with Crippen LogP contribution in [0.25, 0.3) is 0 Å². The molecule has 0 radical (unpaired) electrons. The number of nitrogens with zero attached hydrogens (tertiary/aromatic N) is 3. The van der Waals surface area contributed by atoms with Crippen molar-refractivity contribution in [2.24, 2.45) is 0 Å². The van der Waals surface area contributed by atoms with Gasteiger partial charge < -0.3 is 12.4 Å². The van der Waals surface area contributed by atoms with Crippen molar-refractivity contribution in [1.29, 1.82) is 0 Å². The minimum absolute atomic E-state index is 0. The maximum absolute atomic E-state index is 2.48. The third kappa shape index (κ3) is 3.37. The molecule has 4 heteroatoms. The minimum atomic E-state index is 0. The summed E-state index contributed by atoms with van der Waals surface area (Å²) in [4.78, 5) is 4.68. The standard InChI is InChI=1S/C10H22N3.ClH/c1-11(2)10(12(3)4)13-8-6-5-7-9-13;/h5-9H2,1-4H3;1H/q+1;/p-1. The van der Waals surface area contributed by atoms with Crippen LogP contribution in [0.3, 0.4) is 0 Å². The molecule has 0 spiro atoms. The molecular formula is C10H22ClN3. The number of hydrogen-bond acceptors (Lipinski definition) is 0. The van der Waals surface area contributed by atoms with Crippen LogP contribution >= 0.6 is 0 Å². The fourth-order valence-electron chi connectivity index (χ4n) is 2.06. The number of halogens is 1. The Morgan fingerprint density at radius 1 is 1.07 bits per heavy atom. The average molecular weight is 220 g/mol. The summed E-state index contributed by atoms with van der Waals surface area (Å²) in [5.74, 6) is 1.33. The third-order valence-electron chi connectivity index (χ3n) is 2.44. The van der Waals surface area contributed by atoms with E-state index in [0.717, 1.165) is 0 Å². The molecule has 1 rings (SSSR count). The predicted octanol–water partition coefficient (Wildman–Crippen LogP) is -2.33. The van der Waals surface area contributed by atoms with Crippen LogP contribution in [0.1, 0.15) is 19.3 Å². The summed E-state index contributed by atoms with van der Waals surface area (Å²) < 4.78 is 2.20. The fourth-order valence-corrected chi connectivity index (χ4v) is 2.06. The fraction of sp³-hybridized carbons (Fsp3) is 0.900. The molecule has 1 fully saturated rings. The van der Waals surface area contributed by atoms with E-state index in [1.165, 1.54) is 38.3 Å². The van der Waals surface area contributed by atoms with E-state index >= 15 is 0 Å². The van der Waals surface area contributed by atoms with Crippen molar-refractivity contribution in [3.05, 3.63) is 0 Å². The topological polar surface area (TPSA) is 9.49 Å². The average Bonchev–Trinajstić information content (AvgIpc) is 2.04. The summed E-state index contributed by atoms with van der Waals surface area (Å²) in [7, 11) is 8.46. The Labute approximate surface area is 93.8 Å². The van der Waals surface area contributed by atoms with Gasteiger partial charge in [-0.2, -0.15) is 0 Å². The maximum atomic E-state index is 2.48. The smallest absolute Gasteiger partial charge is 0.349 e. The first-order valence-electron chi connectivity index (χ1n) is 5.09. The van der Waals surface area contributed by atoms with Crippen LogP contribution in [0.5, 0.6) is 0 Å². The normalized spacial score (nSPS) is 15.9. The molecule has 0 bridgehead atoms. The van der Waals surface area contributed by atoms with Gasteiger partial charge in [-0.3, -0.25) is 14.4 Å². The summed E-state index contributed by atoms with van der Waals surface area (Å²) in [5, 5.41) is 0. The van der Waals surface area contributed by atoms with Gasteiger partial charge in [0.05, 0.1) is 41.3 Å². The van der Waals surface area contributed by atoms with Gasteiger partial charge in [-0.15, -0.1) is 0 Å². The second-order valence-electron chi connectivity index (χ2n) is 4.14. The molecule has 0 aromatic heterocycles. The Balaban J connectivity index is 0.00000169. The number of piperidine rings is 1. The van der Waals surface area contributed by atoms with E-state index in [9.17, 15) is 0 Å². The molecule has 0 unspecified atom stereocenters. The largest absolute Gasteiger partial charge is 1.00 e.